The van der Waals surface area contributed by atoms with Crippen LogP contribution in [-0.2, 0) is 4.99 Å². The summed E-state index contributed by atoms with van der Waals surface area (Å²) in [6.07, 6.45) is 0. The first-order chi connectivity index (χ1) is 9.24. The van der Waals surface area contributed by atoms with Gasteiger partial charge in [-0.1, -0.05) is 41.4 Å². The van der Waals surface area contributed by atoms with E-state index in [0.717, 1.165) is 0 Å². The van der Waals surface area contributed by atoms with Crippen LogP contribution in [0.25, 0.3) is 0 Å². The minimum atomic E-state index is -0.280. The fourth-order valence-electron chi connectivity index (χ4n) is 2.23. The molecule has 1 aliphatic rings. The molecule has 2 N–H and O–H groups in total. The van der Waals surface area contributed by atoms with E-state index < -0.39 is 0 Å². The molecule has 0 aromatic heterocycles. The largest absolute Gasteiger partial charge is 0.319 e. The second-order valence-electron chi connectivity index (χ2n) is 4.06. The standard InChI is InChI=1S/C14H9NO4/c15-19-18-11-7-3-6-10-12(11)14(17)9-5-2-1-4-8(9)13(10)16/h1-7H,15H2. The minimum Gasteiger partial charge on any atom is -0.319 e. The highest BCUT2D eigenvalue weighted by molar-refractivity contribution is 6.29. The van der Waals surface area contributed by atoms with Crippen molar-refractivity contribution in [3.63, 3.8) is 0 Å². The predicted octanol–water partition coefficient (Wildman–Crippen LogP) is 1.65. The molecule has 0 radical (unpaired) electrons. The van der Waals surface area contributed by atoms with E-state index in [0.29, 0.717) is 16.7 Å². The highest BCUT2D eigenvalue weighted by Crippen LogP contribution is 2.32. The average molecular weight is 255 g/mol. The Morgan fingerprint density at radius 1 is 0.789 bits per heavy atom. The molecular weight excluding hydrogens is 246 g/mol. The number of rotatable bonds is 2. The smallest absolute Gasteiger partial charge is 0.198 e. The van der Waals surface area contributed by atoms with Gasteiger partial charge in [0, 0.05) is 16.7 Å². The van der Waals surface area contributed by atoms with Gasteiger partial charge in [0.25, 0.3) is 0 Å². The predicted molar refractivity (Wildman–Crippen MR) is 65.6 cm³/mol. The molecule has 0 saturated carbocycles. The Bertz CT molecular complexity index is 694. The van der Waals surface area contributed by atoms with Crippen LogP contribution in [0, 0.1) is 0 Å². The van der Waals surface area contributed by atoms with Crippen molar-refractivity contribution < 1.29 is 19.5 Å². The van der Waals surface area contributed by atoms with Crippen molar-refractivity contribution in [3.8, 4) is 5.75 Å². The summed E-state index contributed by atoms with van der Waals surface area (Å²) in [4.78, 5) is 33.6. The molecule has 2 aromatic carbocycles. The Balaban J connectivity index is 2.27. The molecule has 2 aromatic rings. The molecule has 19 heavy (non-hydrogen) atoms. The number of carbonyl (C=O) groups is 2. The average Bonchev–Trinajstić information content (AvgIpc) is 2.45. The van der Waals surface area contributed by atoms with Gasteiger partial charge in [0.15, 0.2) is 17.3 Å². The van der Waals surface area contributed by atoms with Gasteiger partial charge in [0.05, 0.1) is 5.56 Å². The van der Waals surface area contributed by atoms with Gasteiger partial charge in [-0.3, -0.25) is 9.59 Å². The molecule has 0 spiro atoms. The first kappa shape index (κ1) is 11.6. The number of ketones is 2. The van der Waals surface area contributed by atoms with E-state index in [9.17, 15) is 9.59 Å². The molecule has 0 bridgehead atoms. The van der Waals surface area contributed by atoms with Gasteiger partial charge >= 0.3 is 0 Å². The van der Waals surface area contributed by atoms with Crippen LogP contribution < -0.4 is 10.8 Å². The van der Waals surface area contributed by atoms with Crippen molar-refractivity contribution in [2.24, 2.45) is 5.90 Å². The summed E-state index contributed by atoms with van der Waals surface area (Å²) in [5, 5.41) is 0. The lowest BCUT2D eigenvalue weighted by molar-refractivity contribution is -0.211. The van der Waals surface area contributed by atoms with Gasteiger partial charge < -0.3 is 4.89 Å². The van der Waals surface area contributed by atoms with Crippen LogP contribution >= 0.6 is 0 Å². The minimum absolute atomic E-state index is 0.132. The zero-order valence-corrected chi connectivity index (χ0v) is 9.75. The highest BCUT2D eigenvalue weighted by atomic mass is 17.3. The molecule has 5 nitrogen and oxygen atoms in total. The summed E-state index contributed by atoms with van der Waals surface area (Å²) in [6, 6.07) is 11.4. The summed E-state index contributed by atoms with van der Waals surface area (Å²) < 4.78 is 0. The lowest BCUT2D eigenvalue weighted by Gasteiger charge is -2.18. The van der Waals surface area contributed by atoms with Gasteiger partial charge in [0.2, 0.25) is 0 Å². The van der Waals surface area contributed by atoms with Gasteiger partial charge in [0.1, 0.15) is 0 Å². The number of hydrogen-bond donors (Lipinski definition) is 1. The number of carbonyl (C=O) groups excluding carboxylic acids is 2. The fourth-order valence-corrected chi connectivity index (χ4v) is 2.23. The maximum absolute atomic E-state index is 12.4. The zero-order chi connectivity index (χ0) is 13.4. The van der Waals surface area contributed by atoms with E-state index in [1.807, 2.05) is 0 Å². The zero-order valence-electron chi connectivity index (χ0n) is 9.75. The van der Waals surface area contributed by atoms with Crippen molar-refractivity contribution in [2.75, 3.05) is 0 Å². The third-order valence-electron chi connectivity index (χ3n) is 3.05. The lowest BCUT2D eigenvalue weighted by Crippen LogP contribution is -2.22. The molecule has 0 atom stereocenters. The number of benzene rings is 2. The quantitative estimate of drug-likeness (QED) is 0.556. The number of hydrogen-bond acceptors (Lipinski definition) is 5. The molecule has 1 aliphatic carbocycles. The molecule has 0 amide bonds. The topological polar surface area (TPSA) is 78.6 Å². The van der Waals surface area contributed by atoms with Crippen LogP contribution in [0.2, 0.25) is 0 Å². The van der Waals surface area contributed by atoms with Crippen molar-refractivity contribution in [1.82, 2.24) is 0 Å². The van der Waals surface area contributed by atoms with E-state index in [1.165, 1.54) is 6.07 Å². The molecular formula is C14H9NO4. The van der Waals surface area contributed by atoms with E-state index >= 15 is 0 Å². The summed E-state index contributed by atoms with van der Waals surface area (Å²) >= 11 is 0. The van der Waals surface area contributed by atoms with Gasteiger partial charge in [-0.25, -0.2) is 0 Å². The summed E-state index contributed by atoms with van der Waals surface area (Å²) in [5.41, 5.74) is 1.22. The first-order valence-corrected chi connectivity index (χ1v) is 5.59. The van der Waals surface area contributed by atoms with E-state index in [2.05, 4.69) is 4.99 Å². The Hall–Kier alpha value is -2.50. The van der Waals surface area contributed by atoms with Gasteiger partial charge in [-0.05, 0) is 6.07 Å². The Labute approximate surface area is 108 Å². The van der Waals surface area contributed by atoms with Crippen LogP contribution in [0.5, 0.6) is 5.75 Å². The van der Waals surface area contributed by atoms with Crippen LogP contribution in [-0.4, -0.2) is 11.6 Å². The highest BCUT2D eigenvalue weighted by Gasteiger charge is 2.32. The monoisotopic (exact) mass is 255 g/mol. The molecule has 0 fully saturated rings. The van der Waals surface area contributed by atoms with Crippen LogP contribution in [0.1, 0.15) is 31.8 Å². The second kappa shape index (κ2) is 4.31. The maximum atomic E-state index is 12.4. The van der Waals surface area contributed by atoms with Crippen molar-refractivity contribution in [3.05, 3.63) is 64.7 Å². The van der Waals surface area contributed by atoms with E-state index in [1.54, 1.807) is 36.4 Å². The van der Waals surface area contributed by atoms with Crippen LogP contribution in [0.15, 0.2) is 42.5 Å². The summed E-state index contributed by atoms with van der Waals surface area (Å²) in [5.74, 6) is 4.49. The Morgan fingerprint density at radius 3 is 2.11 bits per heavy atom. The molecule has 5 heteroatoms. The SMILES string of the molecule is NOOc1cccc2c1C(=O)c1ccccc1C2=O. The van der Waals surface area contributed by atoms with E-state index in [4.69, 9.17) is 10.8 Å². The Morgan fingerprint density at radius 2 is 1.42 bits per heavy atom. The molecule has 0 aliphatic heterocycles. The normalized spacial score (nSPS) is 12.9. The van der Waals surface area contributed by atoms with E-state index in [-0.39, 0.29) is 22.9 Å². The molecule has 3 rings (SSSR count). The van der Waals surface area contributed by atoms with Gasteiger partial charge in [-0.15, -0.1) is 0 Å². The third kappa shape index (κ3) is 1.64. The molecule has 94 valence electrons. The molecule has 0 unspecified atom stereocenters. The maximum Gasteiger partial charge on any atom is 0.198 e. The van der Waals surface area contributed by atoms with Crippen LogP contribution in [0.3, 0.4) is 0 Å². The summed E-state index contributed by atoms with van der Waals surface area (Å²) in [6.45, 7) is 0. The fraction of sp³-hybridized carbons (Fsp3) is 0. The van der Waals surface area contributed by atoms with Crippen LogP contribution in [0.4, 0.5) is 0 Å². The first-order valence-electron chi connectivity index (χ1n) is 5.59. The Kier molecular flexibility index (Phi) is 2.63. The summed E-state index contributed by atoms with van der Waals surface area (Å²) in [7, 11) is 0. The van der Waals surface area contributed by atoms with Gasteiger partial charge in [-0.2, -0.15) is 5.90 Å². The van der Waals surface area contributed by atoms with Crippen molar-refractivity contribution >= 4 is 11.6 Å². The number of nitrogens with two attached hydrogens (primary N) is 1. The molecule has 0 saturated heterocycles. The number of fused-ring (bicyclic) bond motifs is 2. The van der Waals surface area contributed by atoms with Crippen molar-refractivity contribution in [1.29, 1.82) is 0 Å². The second-order valence-corrected chi connectivity index (χ2v) is 4.06. The van der Waals surface area contributed by atoms with Crippen molar-refractivity contribution in [2.45, 2.75) is 0 Å². The molecule has 0 heterocycles. The third-order valence-corrected chi connectivity index (χ3v) is 3.05. The lowest BCUT2D eigenvalue weighted by atomic mass is 9.84.